The largest absolute Gasteiger partial charge is 0.493 e. The molecule has 0 aliphatic heterocycles. The number of methoxy groups -OCH3 is 2. The van der Waals surface area contributed by atoms with Gasteiger partial charge in [0.15, 0.2) is 11.5 Å². The quantitative estimate of drug-likeness (QED) is 0.802. The van der Waals surface area contributed by atoms with Gasteiger partial charge < -0.3 is 15.2 Å². The van der Waals surface area contributed by atoms with Crippen LogP contribution in [0.1, 0.15) is 17.2 Å². The molecule has 0 aliphatic carbocycles. The first-order valence-electron chi connectivity index (χ1n) is 7.05. The van der Waals surface area contributed by atoms with E-state index in [1.807, 2.05) is 42.5 Å². The van der Waals surface area contributed by atoms with Crippen LogP contribution in [-0.2, 0) is 0 Å². The van der Waals surface area contributed by atoms with Crippen LogP contribution in [0, 0.1) is 0 Å². The minimum absolute atomic E-state index is 0.297. The monoisotopic (exact) mass is 294 g/mol. The number of fused-ring (bicyclic) bond motifs is 1. The fourth-order valence-corrected chi connectivity index (χ4v) is 2.62. The number of benzene rings is 2. The van der Waals surface area contributed by atoms with Gasteiger partial charge in [-0.2, -0.15) is 0 Å². The Morgan fingerprint density at radius 2 is 1.86 bits per heavy atom. The van der Waals surface area contributed by atoms with Crippen molar-refractivity contribution < 1.29 is 9.47 Å². The Balaban J connectivity index is 2.07. The van der Waals surface area contributed by atoms with E-state index in [1.165, 1.54) is 0 Å². The van der Waals surface area contributed by atoms with Crippen molar-refractivity contribution >= 4 is 10.9 Å². The van der Waals surface area contributed by atoms with Gasteiger partial charge in [-0.3, -0.25) is 4.98 Å². The highest BCUT2D eigenvalue weighted by molar-refractivity contribution is 5.79. The van der Waals surface area contributed by atoms with Gasteiger partial charge in [-0.05, 0) is 29.8 Å². The predicted molar refractivity (Wildman–Crippen MR) is 87.3 cm³/mol. The summed E-state index contributed by atoms with van der Waals surface area (Å²) in [6, 6.07) is 15.4. The van der Waals surface area contributed by atoms with E-state index in [0.717, 1.165) is 22.0 Å². The van der Waals surface area contributed by atoms with Crippen LogP contribution in [0.5, 0.6) is 11.5 Å². The summed E-state index contributed by atoms with van der Waals surface area (Å²) in [6.07, 6.45) is 1.78. The highest BCUT2D eigenvalue weighted by Gasteiger charge is 2.17. The molecule has 4 heteroatoms. The fourth-order valence-electron chi connectivity index (χ4n) is 2.62. The first-order valence-corrected chi connectivity index (χ1v) is 7.05. The van der Waals surface area contributed by atoms with Crippen LogP contribution in [0.15, 0.2) is 54.7 Å². The van der Waals surface area contributed by atoms with Crippen LogP contribution in [0.2, 0.25) is 0 Å². The zero-order valence-electron chi connectivity index (χ0n) is 12.6. The van der Waals surface area contributed by atoms with E-state index in [9.17, 15) is 0 Å². The smallest absolute Gasteiger partial charge is 0.165 e. The summed E-state index contributed by atoms with van der Waals surface area (Å²) in [4.78, 5) is 4.33. The summed E-state index contributed by atoms with van der Waals surface area (Å²) in [5, 5.41) is 1.07. The maximum Gasteiger partial charge on any atom is 0.165 e. The molecule has 0 radical (unpaired) electrons. The van der Waals surface area contributed by atoms with E-state index in [-0.39, 0.29) is 6.04 Å². The highest BCUT2D eigenvalue weighted by Crippen LogP contribution is 2.36. The summed E-state index contributed by atoms with van der Waals surface area (Å²) in [5.74, 6) is 1.35. The molecular formula is C18H18N2O2. The third-order valence-electron chi connectivity index (χ3n) is 3.75. The lowest BCUT2D eigenvalue weighted by atomic mass is 9.97. The van der Waals surface area contributed by atoms with Gasteiger partial charge in [0.25, 0.3) is 0 Å². The van der Waals surface area contributed by atoms with Crippen molar-refractivity contribution in [3.05, 3.63) is 65.9 Å². The van der Waals surface area contributed by atoms with Gasteiger partial charge in [-0.1, -0.05) is 24.3 Å². The van der Waals surface area contributed by atoms with Crippen LogP contribution in [0.25, 0.3) is 10.9 Å². The minimum atomic E-state index is -0.297. The van der Waals surface area contributed by atoms with Gasteiger partial charge in [-0.25, -0.2) is 0 Å². The van der Waals surface area contributed by atoms with E-state index in [1.54, 1.807) is 20.4 Å². The van der Waals surface area contributed by atoms with Gasteiger partial charge in [0, 0.05) is 17.1 Å². The summed E-state index contributed by atoms with van der Waals surface area (Å²) < 4.78 is 10.8. The normalized spacial score (nSPS) is 12.1. The topological polar surface area (TPSA) is 57.4 Å². The molecule has 1 atom stereocenters. The van der Waals surface area contributed by atoms with E-state index in [0.29, 0.717) is 11.5 Å². The Labute approximate surface area is 129 Å². The molecule has 0 bridgehead atoms. The van der Waals surface area contributed by atoms with Crippen molar-refractivity contribution in [1.82, 2.24) is 4.98 Å². The van der Waals surface area contributed by atoms with Crippen molar-refractivity contribution in [3.8, 4) is 11.5 Å². The van der Waals surface area contributed by atoms with Gasteiger partial charge >= 0.3 is 0 Å². The fraction of sp³-hybridized carbons (Fsp3) is 0.167. The molecule has 3 aromatic rings. The molecule has 0 spiro atoms. The van der Waals surface area contributed by atoms with Crippen LogP contribution in [-0.4, -0.2) is 19.2 Å². The number of ether oxygens (including phenoxy) is 2. The zero-order chi connectivity index (χ0) is 15.5. The summed E-state index contributed by atoms with van der Waals surface area (Å²) >= 11 is 0. The van der Waals surface area contributed by atoms with Crippen LogP contribution in [0.4, 0.5) is 0 Å². The van der Waals surface area contributed by atoms with E-state index in [4.69, 9.17) is 15.2 Å². The predicted octanol–water partition coefficient (Wildman–Crippen LogP) is 3.30. The summed E-state index contributed by atoms with van der Waals surface area (Å²) in [7, 11) is 3.24. The number of rotatable bonds is 4. The molecule has 0 aliphatic rings. The molecule has 0 fully saturated rings. The van der Waals surface area contributed by atoms with Gasteiger partial charge in [0.1, 0.15) is 0 Å². The maximum atomic E-state index is 6.45. The molecule has 0 saturated heterocycles. The van der Waals surface area contributed by atoms with E-state index >= 15 is 0 Å². The summed E-state index contributed by atoms with van der Waals surface area (Å²) in [5.41, 5.74) is 9.31. The SMILES string of the molecule is COc1cccc(C(N)c2ccc3ncccc3c2)c1OC. The lowest BCUT2D eigenvalue weighted by molar-refractivity contribution is 0.350. The molecule has 4 nitrogen and oxygen atoms in total. The van der Waals surface area contributed by atoms with Crippen molar-refractivity contribution in [1.29, 1.82) is 0 Å². The molecular weight excluding hydrogens is 276 g/mol. The molecule has 1 aromatic heterocycles. The van der Waals surface area contributed by atoms with Crippen molar-refractivity contribution in [2.75, 3.05) is 14.2 Å². The first kappa shape index (κ1) is 14.4. The van der Waals surface area contributed by atoms with Crippen molar-refractivity contribution in [2.45, 2.75) is 6.04 Å². The van der Waals surface area contributed by atoms with Crippen LogP contribution in [0.3, 0.4) is 0 Å². The molecule has 3 rings (SSSR count). The molecule has 2 aromatic carbocycles. The molecule has 22 heavy (non-hydrogen) atoms. The number of aromatic nitrogens is 1. The Hall–Kier alpha value is -2.59. The Kier molecular flexibility index (Phi) is 3.94. The Morgan fingerprint density at radius 3 is 2.64 bits per heavy atom. The second kappa shape index (κ2) is 6.03. The average molecular weight is 294 g/mol. The van der Waals surface area contributed by atoms with Gasteiger partial charge in [0.05, 0.1) is 25.8 Å². The highest BCUT2D eigenvalue weighted by atomic mass is 16.5. The molecule has 0 amide bonds. The molecule has 2 N–H and O–H groups in total. The minimum Gasteiger partial charge on any atom is -0.493 e. The number of nitrogens with two attached hydrogens (primary N) is 1. The molecule has 1 unspecified atom stereocenters. The average Bonchev–Trinajstić information content (AvgIpc) is 2.59. The Bertz CT molecular complexity index is 802. The third-order valence-corrected chi connectivity index (χ3v) is 3.75. The lowest BCUT2D eigenvalue weighted by Gasteiger charge is -2.18. The van der Waals surface area contributed by atoms with E-state index < -0.39 is 0 Å². The lowest BCUT2D eigenvalue weighted by Crippen LogP contribution is -2.13. The van der Waals surface area contributed by atoms with Crippen molar-refractivity contribution in [3.63, 3.8) is 0 Å². The number of hydrogen-bond donors (Lipinski definition) is 1. The number of hydrogen-bond acceptors (Lipinski definition) is 4. The second-order valence-electron chi connectivity index (χ2n) is 5.02. The number of nitrogens with zero attached hydrogens (tertiary/aromatic N) is 1. The number of pyridine rings is 1. The van der Waals surface area contributed by atoms with Crippen LogP contribution < -0.4 is 15.2 Å². The maximum absolute atomic E-state index is 6.45. The Morgan fingerprint density at radius 1 is 1.00 bits per heavy atom. The second-order valence-corrected chi connectivity index (χ2v) is 5.02. The first-order chi connectivity index (χ1) is 10.7. The molecule has 0 saturated carbocycles. The number of para-hydroxylation sites is 1. The molecule has 112 valence electrons. The summed E-state index contributed by atoms with van der Waals surface area (Å²) in [6.45, 7) is 0. The van der Waals surface area contributed by atoms with Gasteiger partial charge in [-0.15, -0.1) is 0 Å². The third kappa shape index (κ3) is 2.49. The molecule has 1 heterocycles. The standard InChI is InChI=1S/C18H18N2O2/c1-21-16-7-3-6-14(18(16)22-2)17(19)13-8-9-15-12(11-13)5-4-10-20-15/h3-11,17H,19H2,1-2H3. The van der Waals surface area contributed by atoms with Gasteiger partial charge in [0.2, 0.25) is 0 Å². The van der Waals surface area contributed by atoms with Crippen molar-refractivity contribution in [2.24, 2.45) is 5.73 Å². The van der Waals surface area contributed by atoms with Crippen LogP contribution >= 0.6 is 0 Å². The zero-order valence-corrected chi connectivity index (χ0v) is 12.6. The van der Waals surface area contributed by atoms with E-state index in [2.05, 4.69) is 11.1 Å².